The van der Waals surface area contributed by atoms with Crippen molar-refractivity contribution in [1.82, 2.24) is 0 Å². The standard InChI is InChI=1S/C14H17ClF3NO2/c1-13(2,3)7-12(20)19-10-6-9(15)4-5-11(10)21-8-14(16,17)18/h4-6H,7-8H2,1-3H3,(H,19,20). The zero-order valence-electron chi connectivity index (χ0n) is 12.0. The van der Waals surface area contributed by atoms with Crippen LogP contribution in [0.1, 0.15) is 27.2 Å². The highest BCUT2D eigenvalue weighted by Gasteiger charge is 2.29. The Kier molecular flexibility index (Phi) is 5.50. The average molecular weight is 324 g/mol. The Morgan fingerprint density at radius 1 is 1.29 bits per heavy atom. The van der Waals surface area contributed by atoms with Crippen LogP contribution in [0, 0.1) is 5.41 Å². The highest BCUT2D eigenvalue weighted by molar-refractivity contribution is 6.31. The quantitative estimate of drug-likeness (QED) is 0.875. The smallest absolute Gasteiger partial charge is 0.422 e. The number of anilines is 1. The zero-order chi connectivity index (χ0) is 16.3. The van der Waals surface area contributed by atoms with Crippen LogP contribution >= 0.6 is 11.6 Å². The van der Waals surface area contributed by atoms with Crippen molar-refractivity contribution in [2.24, 2.45) is 5.41 Å². The van der Waals surface area contributed by atoms with Gasteiger partial charge in [-0.3, -0.25) is 4.79 Å². The Hall–Kier alpha value is -1.43. The summed E-state index contributed by atoms with van der Waals surface area (Å²) in [5, 5.41) is 2.82. The number of ether oxygens (including phenoxy) is 1. The van der Waals surface area contributed by atoms with Gasteiger partial charge in [-0.1, -0.05) is 32.4 Å². The fourth-order valence-electron chi connectivity index (χ4n) is 1.56. The van der Waals surface area contributed by atoms with E-state index < -0.39 is 12.8 Å². The molecule has 0 fully saturated rings. The molecule has 3 nitrogen and oxygen atoms in total. The maximum Gasteiger partial charge on any atom is 0.422 e. The molecule has 1 N–H and O–H groups in total. The Morgan fingerprint density at radius 3 is 2.43 bits per heavy atom. The SMILES string of the molecule is CC(C)(C)CC(=O)Nc1cc(Cl)ccc1OCC(F)(F)F. The number of benzene rings is 1. The van der Waals surface area contributed by atoms with Crippen LogP contribution in [0.2, 0.25) is 5.02 Å². The lowest BCUT2D eigenvalue weighted by Crippen LogP contribution is -2.22. The van der Waals surface area contributed by atoms with Crippen molar-refractivity contribution in [3.63, 3.8) is 0 Å². The topological polar surface area (TPSA) is 38.3 Å². The van der Waals surface area contributed by atoms with Crippen LogP contribution in [0.15, 0.2) is 18.2 Å². The first-order valence-electron chi connectivity index (χ1n) is 6.25. The van der Waals surface area contributed by atoms with Gasteiger partial charge in [0.25, 0.3) is 0 Å². The molecule has 1 amide bonds. The minimum Gasteiger partial charge on any atom is -0.482 e. The number of rotatable bonds is 4. The minimum absolute atomic E-state index is 0.0704. The molecule has 21 heavy (non-hydrogen) atoms. The van der Waals surface area contributed by atoms with E-state index in [1.165, 1.54) is 18.2 Å². The predicted molar refractivity (Wildman–Crippen MR) is 75.7 cm³/mol. The number of halogens is 4. The van der Waals surface area contributed by atoms with E-state index in [1.807, 2.05) is 20.8 Å². The zero-order valence-corrected chi connectivity index (χ0v) is 12.7. The van der Waals surface area contributed by atoms with Gasteiger partial charge < -0.3 is 10.1 Å². The number of amides is 1. The van der Waals surface area contributed by atoms with Gasteiger partial charge in [-0.25, -0.2) is 0 Å². The summed E-state index contributed by atoms with van der Waals surface area (Å²) in [5.74, 6) is -0.388. The number of carbonyl (C=O) groups is 1. The van der Waals surface area contributed by atoms with E-state index in [0.717, 1.165) is 0 Å². The lowest BCUT2D eigenvalue weighted by Gasteiger charge is -2.19. The molecule has 7 heteroatoms. The van der Waals surface area contributed by atoms with E-state index in [-0.39, 0.29) is 29.2 Å². The third-order valence-electron chi connectivity index (χ3n) is 2.30. The second kappa shape index (κ2) is 6.56. The van der Waals surface area contributed by atoms with Gasteiger partial charge in [-0.05, 0) is 23.6 Å². The second-order valence-electron chi connectivity index (χ2n) is 5.83. The fourth-order valence-corrected chi connectivity index (χ4v) is 1.73. The van der Waals surface area contributed by atoms with Crippen molar-refractivity contribution in [3.05, 3.63) is 23.2 Å². The summed E-state index contributed by atoms with van der Waals surface area (Å²) in [5.41, 5.74) is -0.115. The van der Waals surface area contributed by atoms with Gasteiger partial charge in [0.1, 0.15) is 5.75 Å². The summed E-state index contributed by atoms with van der Waals surface area (Å²) >= 11 is 5.79. The molecular weight excluding hydrogens is 307 g/mol. The van der Waals surface area contributed by atoms with E-state index in [0.29, 0.717) is 5.02 Å². The molecule has 0 aliphatic rings. The van der Waals surface area contributed by atoms with Crippen molar-refractivity contribution in [2.45, 2.75) is 33.4 Å². The van der Waals surface area contributed by atoms with Crippen LogP contribution < -0.4 is 10.1 Å². The normalized spacial score (nSPS) is 12.1. The number of nitrogens with one attached hydrogen (secondary N) is 1. The number of carbonyl (C=O) groups excluding carboxylic acids is 1. The second-order valence-corrected chi connectivity index (χ2v) is 6.27. The van der Waals surface area contributed by atoms with Crippen molar-refractivity contribution in [3.8, 4) is 5.75 Å². The monoisotopic (exact) mass is 323 g/mol. The Labute approximate surface area is 126 Å². The summed E-state index contributed by atoms with van der Waals surface area (Å²) in [6.45, 7) is 4.21. The van der Waals surface area contributed by atoms with Gasteiger partial charge in [-0.2, -0.15) is 13.2 Å². The van der Waals surface area contributed by atoms with Crippen molar-refractivity contribution in [1.29, 1.82) is 0 Å². The van der Waals surface area contributed by atoms with Crippen LogP contribution in [0.5, 0.6) is 5.75 Å². The van der Waals surface area contributed by atoms with Gasteiger partial charge in [0, 0.05) is 11.4 Å². The van der Waals surface area contributed by atoms with Crippen molar-refractivity contribution in [2.75, 3.05) is 11.9 Å². The molecule has 0 aliphatic heterocycles. The molecule has 1 aromatic carbocycles. The minimum atomic E-state index is -4.45. The molecule has 0 heterocycles. The number of alkyl halides is 3. The molecule has 1 rings (SSSR count). The first kappa shape index (κ1) is 17.6. The summed E-state index contributed by atoms with van der Waals surface area (Å²) in [7, 11) is 0. The molecule has 0 spiro atoms. The van der Waals surface area contributed by atoms with E-state index in [4.69, 9.17) is 11.6 Å². The maximum atomic E-state index is 12.2. The molecule has 0 saturated carbocycles. The molecule has 0 unspecified atom stereocenters. The van der Waals surface area contributed by atoms with Gasteiger partial charge in [0.15, 0.2) is 6.61 Å². The molecule has 0 aliphatic carbocycles. The molecule has 1 aromatic rings. The van der Waals surface area contributed by atoms with Gasteiger partial charge in [0.2, 0.25) is 5.91 Å². The Balaban J connectivity index is 2.84. The van der Waals surface area contributed by atoms with Crippen molar-refractivity contribution >= 4 is 23.2 Å². The van der Waals surface area contributed by atoms with Crippen molar-refractivity contribution < 1.29 is 22.7 Å². The van der Waals surface area contributed by atoms with Gasteiger partial charge >= 0.3 is 6.18 Å². The lowest BCUT2D eigenvalue weighted by molar-refractivity contribution is -0.153. The molecule has 118 valence electrons. The predicted octanol–water partition coefficient (Wildman–Crippen LogP) is 4.66. The number of hydrogen-bond donors (Lipinski definition) is 1. The van der Waals surface area contributed by atoms with Gasteiger partial charge in [0.05, 0.1) is 5.69 Å². The van der Waals surface area contributed by atoms with Crippen LogP contribution in [-0.2, 0) is 4.79 Å². The van der Waals surface area contributed by atoms with Crippen LogP contribution in [0.4, 0.5) is 18.9 Å². The summed E-state index contributed by atoms with van der Waals surface area (Å²) in [6.07, 6.45) is -4.23. The van der Waals surface area contributed by atoms with E-state index in [9.17, 15) is 18.0 Å². The molecule has 0 saturated heterocycles. The maximum absolute atomic E-state index is 12.2. The molecule has 0 atom stereocenters. The summed E-state index contributed by atoms with van der Waals surface area (Å²) < 4.78 is 41.3. The molecular formula is C14H17ClF3NO2. The first-order chi connectivity index (χ1) is 9.46. The number of hydrogen-bond acceptors (Lipinski definition) is 2. The van der Waals surface area contributed by atoms with E-state index >= 15 is 0 Å². The molecule has 0 radical (unpaired) electrons. The average Bonchev–Trinajstić information content (AvgIpc) is 2.23. The third-order valence-corrected chi connectivity index (χ3v) is 2.53. The van der Waals surface area contributed by atoms with Gasteiger partial charge in [-0.15, -0.1) is 0 Å². The van der Waals surface area contributed by atoms with Crippen LogP contribution in [-0.4, -0.2) is 18.7 Å². The Bertz CT molecular complexity index is 510. The first-order valence-corrected chi connectivity index (χ1v) is 6.63. The largest absolute Gasteiger partial charge is 0.482 e. The summed E-state index contributed by atoms with van der Waals surface area (Å²) in [6, 6.07) is 4.04. The molecule has 0 bridgehead atoms. The third kappa shape index (κ3) is 7.22. The van der Waals surface area contributed by atoms with Crippen LogP contribution in [0.25, 0.3) is 0 Å². The fraction of sp³-hybridized carbons (Fsp3) is 0.500. The highest BCUT2D eigenvalue weighted by Crippen LogP contribution is 2.30. The van der Waals surface area contributed by atoms with E-state index in [2.05, 4.69) is 10.1 Å². The van der Waals surface area contributed by atoms with Crippen LogP contribution in [0.3, 0.4) is 0 Å². The summed E-state index contributed by atoms with van der Waals surface area (Å²) in [4.78, 5) is 11.9. The lowest BCUT2D eigenvalue weighted by atomic mass is 9.92. The Morgan fingerprint density at radius 2 is 1.90 bits per heavy atom. The molecule has 0 aromatic heterocycles. The highest BCUT2D eigenvalue weighted by atomic mass is 35.5. The van der Waals surface area contributed by atoms with E-state index in [1.54, 1.807) is 0 Å².